The van der Waals surface area contributed by atoms with Gasteiger partial charge in [0.2, 0.25) is 0 Å². The monoisotopic (exact) mass is 247 g/mol. The number of aliphatic carboxylic acids is 1. The largest absolute Gasteiger partial charge is 0.479 e. The van der Waals surface area contributed by atoms with E-state index in [-0.39, 0.29) is 19.0 Å². The lowest BCUT2D eigenvalue weighted by Gasteiger charge is -2.18. The predicted molar refractivity (Wildman–Crippen MR) is 62.8 cm³/mol. The highest BCUT2D eigenvalue weighted by Crippen LogP contribution is 1.92. The van der Waals surface area contributed by atoms with Gasteiger partial charge in [0.05, 0.1) is 0 Å². The summed E-state index contributed by atoms with van der Waals surface area (Å²) in [5.41, 5.74) is 0. The summed E-state index contributed by atoms with van der Waals surface area (Å²) in [5, 5.41) is 22.9. The lowest BCUT2D eigenvalue weighted by atomic mass is 10.2. The molecule has 0 heterocycles. The number of rotatable bonds is 8. The summed E-state index contributed by atoms with van der Waals surface area (Å²) < 4.78 is 0. The van der Waals surface area contributed by atoms with Gasteiger partial charge in [-0.3, -0.25) is 0 Å². The maximum absolute atomic E-state index is 11.5. The summed E-state index contributed by atoms with van der Waals surface area (Å²) >= 11 is 0. The van der Waals surface area contributed by atoms with Crippen LogP contribution in [0.5, 0.6) is 0 Å². The normalized spacial score (nSPS) is 11.9. The smallest absolute Gasteiger partial charge is 0.332 e. The molecule has 0 aliphatic rings. The first-order valence-corrected chi connectivity index (χ1v) is 5.53. The van der Waals surface area contributed by atoms with Crippen molar-refractivity contribution in [3.05, 3.63) is 0 Å². The van der Waals surface area contributed by atoms with Gasteiger partial charge in [-0.25, -0.2) is 9.59 Å². The standard InChI is InChI=1S/C10H21N3O4/c1-11-5-3-7-13(2)10(17)12-6-4-8(14)9(15)16/h8,11,14H,3-7H2,1-2H3,(H,12,17)(H,15,16)/t8-/m0/s1. The van der Waals surface area contributed by atoms with E-state index in [2.05, 4.69) is 10.6 Å². The van der Waals surface area contributed by atoms with Crippen LogP contribution in [0.3, 0.4) is 0 Å². The Hall–Kier alpha value is -1.34. The first-order chi connectivity index (χ1) is 7.99. The number of hydrogen-bond acceptors (Lipinski definition) is 4. The topological polar surface area (TPSA) is 102 Å². The first kappa shape index (κ1) is 15.7. The lowest BCUT2D eigenvalue weighted by Crippen LogP contribution is -2.40. The molecule has 2 amide bonds. The minimum atomic E-state index is -1.43. The molecule has 7 heteroatoms. The van der Waals surface area contributed by atoms with Crippen LogP contribution in [-0.4, -0.2) is 66.9 Å². The van der Waals surface area contributed by atoms with Gasteiger partial charge in [0, 0.05) is 26.6 Å². The van der Waals surface area contributed by atoms with E-state index in [1.807, 2.05) is 7.05 Å². The number of carboxylic acid groups (broad SMARTS) is 1. The Labute approximate surface area is 101 Å². The zero-order valence-electron chi connectivity index (χ0n) is 10.3. The maximum Gasteiger partial charge on any atom is 0.332 e. The number of nitrogens with one attached hydrogen (secondary N) is 2. The van der Waals surface area contributed by atoms with Crippen molar-refractivity contribution in [2.75, 3.05) is 33.7 Å². The van der Waals surface area contributed by atoms with Crippen molar-refractivity contribution in [3.8, 4) is 0 Å². The summed E-state index contributed by atoms with van der Waals surface area (Å²) in [6.45, 7) is 1.59. The van der Waals surface area contributed by atoms with Gasteiger partial charge in [0.1, 0.15) is 0 Å². The molecule has 1 atom stereocenters. The number of aliphatic hydroxyl groups excluding tert-OH is 1. The van der Waals surface area contributed by atoms with E-state index in [1.54, 1.807) is 7.05 Å². The first-order valence-electron chi connectivity index (χ1n) is 5.53. The third-order valence-corrected chi connectivity index (χ3v) is 2.25. The summed E-state index contributed by atoms with van der Waals surface area (Å²) in [7, 11) is 3.51. The van der Waals surface area contributed by atoms with Crippen LogP contribution in [0.2, 0.25) is 0 Å². The Balaban J connectivity index is 3.67. The number of carboxylic acids is 1. The van der Waals surface area contributed by atoms with E-state index in [1.165, 1.54) is 4.90 Å². The van der Waals surface area contributed by atoms with E-state index in [4.69, 9.17) is 10.2 Å². The van der Waals surface area contributed by atoms with E-state index in [0.29, 0.717) is 6.54 Å². The zero-order chi connectivity index (χ0) is 13.3. The van der Waals surface area contributed by atoms with Gasteiger partial charge in [0.25, 0.3) is 0 Å². The van der Waals surface area contributed by atoms with Crippen LogP contribution >= 0.6 is 0 Å². The Morgan fingerprint density at radius 1 is 1.35 bits per heavy atom. The molecular weight excluding hydrogens is 226 g/mol. The molecular formula is C10H21N3O4. The van der Waals surface area contributed by atoms with Crippen LogP contribution in [0, 0.1) is 0 Å². The van der Waals surface area contributed by atoms with E-state index < -0.39 is 12.1 Å². The van der Waals surface area contributed by atoms with Gasteiger partial charge in [-0.15, -0.1) is 0 Å². The quantitative estimate of drug-likeness (QED) is 0.415. The van der Waals surface area contributed by atoms with Gasteiger partial charge in [0.15, 0.2) is 6.10 Å². The molecule has 4 N–H and O–H groups in total. The highest BCUT2D eigenvalue weighted by molar-refractivity contribution is 5.74. The Kier molecular flexibility index (Phi) is 8.08. The second-order valence-corrected chi connectivity index (χ2v) is 3.75. The molecule has 0 aromatic carbocycles. The fourth-order valence-corrected chi connectivity index (χ4v) is 1.17. The van der Waals surface area contributed by atoms with Gasteiger partial charge in [-0.2, -0.15) is 0 Å². The third-order valence-electron chi connectivity index (χ3n) is 2.25. The van der Waals surface area contributed by atoms with E-state index in [0.717, 1.165) is 13.0 Å². The van der Waals surface area contributed by atoms with Crippen LogP contribution in [-0.2, 0) is 4.79 Å². The second-order valence-electron chi connectivity index (χ2n) is 3.75. The molecule has 0 fully saturated rings. The molecule has 0 rings (SSSR count). The number of nitrogens with zero attached hydrogens (tertiary/aromatic N) is 1. The molecule has 100 valence electrons. The van der Waals surface area contributed by atoms with Crippen molar-refractivity contribution in [1.82, 2.24) is 15.5 Å². The maximum atomic E-state index is 11.5. The number of urea groups is 1. The molecule has 0 aliphatic carbocycles. The van der Waals surface area contributed by atoms with Crippen molar-refractivity contribution in [1.29, 1.82) is 0 Å². The number of amides is 2. The Bertz CT molecular complexity index is 248. The molecule has 0 unspecified atom stereocenters. The van der Waals surface area contributed by atoms with Crippen LogP contribution in [0.15, 0.2) is 0 Å². The van der Waals surface area contributed by atoms with Gasteiger partial charge < -0.3 is 25.7 Å². The number of hydrogen-bond donors (Lipinski definition) is 4. The van der Waals surface area contributed by atoms with Crippen LogP contribution < -0.4 is 10.6 Å². The average molecular weight is 247 g/mol. The number of carbonyl (C=O) groups is 2. The molecule has 0 aromatic rings. The highest BCUT2D eigenvalue weighted by Gasteiger charge is 2.13. The Morgan fingerprint density at radius 3 is 2.53 bits per heavy atom. The second kappa shape index (κ2) is 8.77. The summed E-state index contributed by atoms with van der Waals surface area (Å²) in [6, 6.07) is -0.265. The SMILES string of the molecule is CNCCCN(C)C(=O)NCC[C@H](O)C(=O)O. The molecule has 0 bridgehead atoms. The van der Waals surface area contributed by atoms with Crippen molar-refractivity contribution >= 4 is 12.0 Å². The number of aliphatic hydroxyl groups is 1. The molecule has 0 aliphatic heterocycles. The summed E-state index contributed by atoms with van der Waals surface area (Å²) in [4.78, 5) is 23.3. The molecule has 0 radical (unpaired) electrons. The highest BCUT2D eigenvalue weighted by atomic mass is 16.4. The minimum absolute atomic E-state index is 0.00539. The Morgan fingerprint density at radius 2 is 2.00 bits per heavy atom. The number of carbonyl (C=O) groups excluding carboxylic acids is 1. The van der Waals surface area contributed by atoms with Crippen molar-refractivity contribution in [3.63, 3.8) is 0 Å². The van der Waals surface area contributed by atoms with Crippen molar-refractivity contribution in [2.45, 2.75) is 18.9 Å². The predicted octanol–water partition coefficient (Wildman–Crippen LogP) is -0.927. The third kappa shape index (κ3) is 7.53. The van der Waals surface area contributed by atoms with Crippen LogP contribution in [0.1, 0.15) is 12.8 Å². The van der Waals surface area contributed by atoms with E-state index in [9.17, 15) is 9.59 Å². The summed E-state index contributed by atoms with van der Waals surface area (Å²) in [6.07, 6.45) is -0.575. The average Bonchev–Trinajstić information content (AvgIpc) is 2.28. The molecule has 0 spiro atoms. The fourth-order valence-electron chi connectivity index (χ4n) is 1.17. The van der Waals surface area contributed by atoms with E-state index >= 15 is 0 Å². The van der Waals surface area contributed by atoms with Crippen molar-refractivity contribution in [2.24, 2.45) is 0 Å². The van der Waals surface area contributed by atoms with Crippen LogP contribution in [0.4, 0.5) is 4.79 Å². The molecule has 17 heavy (non-hydrogen) atoms. The van der Waals surface area contributed by atoms with Crippen LogP contribution in [0.25, 0.3) is 0 Å². The molecule has 7 nitrogen and oxygen atoms in total. The zero-order valence-corrected chi connectivity index (χ0v) is 10.3. The van der Waals surface area contributed by atoms with Crippen molar-refractivity contribution < 1.29 is 19.8 Å². The van der Waals surface area contributed by atoms with Gasteiger partial charge >= 0.3 is 12.0 Å². The van der Waals surface area contributed by atoms with Gasteiger partial charge in [-0.05, 0) is 20.0 Å². The minimum Gasteiger partial charge on any atom is -0.479 e. The molecule has 0 saturated carbocycles. The molecule has 0 saturated heterocycles. The van der Waals surface area contributed by atoms with Gasteiger partial charge in [-0.1, -0.05) is 0 Å². The molecule has 0 aromatic heterocycles. The fraction of sp³-hybridized carbons (Fsp3) is 0.800. The summed E-state index contributed by atoms with van der Waals surface area (Å²) in [5.74, 6) is -1.28. The lowest BCUT2D eigenvalue weighted by molar-refractivity contribution is -0.146.